The Bertz CT molecular complexity index is 1000. The molecule has 138 valence electrons. The Labute approximate surface area is 169 Å². The maximum atomic E-state index is 12.4. The van der Waals surface area contributed by atoms with Crippen molar-refractivity contribution in [2.75, 3.05) is 22.5 Å². The first kappa shape index (κ1) is 18.0. The molecule has 3 aromatic rings. The van der Waals surface area contributed by atoms with E-state index in [9.17, 15) is 4.79 Å². The van der Waals surface area contributed by atoms with E-state index in [0.29, 0.717) is 33.9 Å². The second-order valence-electron chi connectivity index (χ2n) is 5.94. The number of nitrogens with zero attached hydrogens (tertiary/aromatic N) is 4. The molecule has 0 saturated carbocycles. The molecule has 0 spiro atoms. The number of nitrogens with two attached hydrogens (primary N) is 1. The summed E-state index contributed by atoms with van der Waals surface area (Å²) in [6.07, 6.45) is 0.737. The van der Waals surface area contributed by atoms with Crippen LogP contribution in [0.2, 0.25) is 10.3 Å². The third-order valence-electron chi connectivity index (χ3n) is 4.07. The molecule has 2 aromatic heterocycles. The molecule has 0 unspecified atom stereocenters. The second kappa shape index (κ2) is 7.30. The molecule has 1 aliphatic heterocycles. The van der Waals surface area contributed by atoms with Gasteiger partial charge in [-0.15, -0.1) is 0 Å². The number of thiazole rings is 1. The molecule has 0 aliphatic carbocycles. The highest BCUT2D eigenvalue weighted by Gasteiger charge is 2.23. The Morgan fingerprint density at radius 2 is 2.07 bits per heavy atom. The number of carbonyl (C=O) groups is 1. The summed E-state index contributed by atoms with van der Waals surface area (Å²) >= 11 is 13.3. The molecule has 0 bridgehead atoms. The van der Waals surface area contributed by atoms with Gasteiger partial charge in [-0.05, 0) is 29.8 Å². The molecule has 10 heteroatoms. The van der Waals surface area contributed by atoms with Crippen molar-refractivity contribution in [3.63, 3.8) is 0 Å². The number of hydrogen-bond acceptors (Lipinski definition) is 7. The predicted molar refractivity (Wildman–Crippen MR) is 108 cm³/mol. The third-order valence-corrected chi connectivity index (χ3v) is 5.47. The SMILES string of the molecule is Nc1cc(N2CCc3nc(NC(=O)c4cccc(Cl)c4)sc3C2)nc(Cl)n1. The summed E-state index contributed by atoms with van der Waals surface area (Å²) in [4.78, 5) is 28.2. The van der Waals surface area contributed by atoms with Crippen molar-refractivity contribution >= 4 is 57.2 Å². The van der Waals surface area contributed by atoms with Gasteiger partial charge in [-0.3, -0.25) is 10.1 Å². The molecule has 7 nitrogen and oxygen atoms in total. The zero-order valence-electron chi connectivity index (χ0n) is 13.9. The van der Waals surface area contributed by atoms with Crippen LogP contribution < -0.4 is 16.0 Å². The highest BCUT2D eigenvalue weighted by Crippen LogP contribution is 2.31. The van der Waals surface area contributed by atoms with Crippen molar-refractivity contribution in [3.8, 4) is 0 Å². The minimum absolute atomic E-state index is 0.120. The van der Waals surface area contributed by atoms with Gasteiger partial charge in [-0.25, -0.2) is 15.0 Å². The van der Waals surface area contributed by atoms with Crippen LogP contribution in [0.5, 0.6) is 0 Å². The topological polar surface area (TPSA) is 97.0 Å². The van der Waals surface area contributed by atoms with E-state index in [1.165, 1.54) is 11.3 Å². The minimum atomic E-state index is -0.240. The summed E-state index contributed by atoms with van der Waals surface area (Å²) in [5.41, 5.74) is 7.22. The van der Waals surface area contributed by atoms with Crippen molar-refractivity contribution in [3.05, 3.63) is 56.8 Å². The lowest BCUT2D eigenvalue weighted by Crippen LogP contribution is -2.30. The Balaban J connectivity index is 1.51. The van der Waals surface area contributed by atoms with Crippen molar-refractivity contribution in [2.24, 2.45) is 0 Å². The zero-order valence-corrected chi connectivity index (χ0v) is 16.3. The summed E-state index contributed by atoms with van der Waals surface area (Å²) in [5, 5.41) is 4.04. The second-order valence-corrected chi connectivity index (χ2v) is 7.80. The molecule has 27 heavy (non-hydrogen) atoms. The van der Waals surface area contributed by atoms with E-state index in [1.807, 2.05) is 0 Å². The van der Waals surface area contributed by atoms with Crippen molar-refractivity contribution in [1.29, 1.82) is 0 Å². The predicted octanol–water partition coefficient (Wildman–Crippen LogP) is 3.64. The van der Waals surface area contributed by atoms with Crippen LogP contribution in [-0.4, -0.2) is 27.4 Å². The lowest BCUT2D eigenvalue weighted by Gasteiger charge is -2.27. The fraction of sp³-hybridized carbons (Fsp3) is 0.176. The molecule has 3 heterocycles. The molecule has 0 saturated heterocycles. The number of hydrogen-bond donors (Lipinski definition) is 2. The molecule has 3 N–H and O–H groups in total. The number of rotatable bonds is 3. The number of benzene rings is 1. The Morgan fingerprint density at radius 1 is 1.22 bits per heavy atom. The van der Waals surface area contributed by atoms with Crippen LogP contribution in [0.4, 0.5) is 16.8 Å². The molecule has 1 aromatic carbocycles. The molecule has 0 radical (unpaired) electrons. The summed E-state index contributed by atoms with van der Waals surface area (Å²) in [5.74, 6) is 0.765. The van der Waals surface area contributed by atoms with Crippen molar-refractivity contribution in [1.82, 2.24) is 15.0 Å². The molecule has 0 atom stereocenters. The van der Waals surface area contributed by atoms with Crippen LogP contribution in [-0.2, 0) is 13.0 Å². The first-order valence-corrected chi connectivity index (χ1v) is 9.65. The zero-order chi connectivity index (χ0) is 19.0. The van der Waals surface area contributed by atoms with Gasteiger partial charge in [0.05, 0.1) is 12.2 Å². The van der Waals surface area contributed by atoms with Crippen molar-refractivity contribution in [2.45, 2.75) is 13.0 Å². The minimum Gasteiger partial charge on any atom is -0.383 e. The van der Waals surface area contributed by atoms with Gasteiger partial charge in [0.15, 0.2) is 5.13 Å². The fourth-order valence-corrected chi connectivity index (χ4v) is 4.22. The molecule has 1 amide bonds. The van der Waals surface area contributed by atoms with E-state index in [4.69, 9.17) is 28.9 Å². The maximum absolute atomic E-state index is 12.4. The number of nitrogen functional groups attached to an aromatic ring is 1. The lowest BCUT2D eigenvalue weighted by molar-refractivity contribution is 0.102. The number of aromatic nitrogens is 3. The Kier molecular flexibility index (Phi) is 4.86. The summed E-state index contributed by atoms with van der Waals surface area (Å²) < 4.78 is 0. The van der Waals surface area contributed by atoms with E-state index in [-0.39, 0.29) is 11.2 Å². The van der Waals surface area contributed by atoms with Gasteiger partial charge in [0.25, 0.3) is 5.91 Å². The van der Waals surface area contributed by atoms with Crippen LogP contribution in [0.25, 0.3) is 0 Å². The first-order chi connectivity index (χ1) is 13.0. The van der Waals surface area contributed by atoms with Gasteiger partial charge in [-0.2, -0.15) is 0 Å². The smallest absolute Gasteiger partial charge is 0.257 e. The number of carbonyl (C=O) groups excluding carboxylic acids is 1. The van der Waals surface area contributed by atoms with Crippen LogP contribution in [0, 0.1) is 0 Å². The fourth-order valence-electron chi connectivity index (χ4n) is 2.83. The van der Waals surface area contributed by atoms with Crippen LogP contribution in [0.1, 0.15) is 20.9 Å². The quantitative estimate of drug-likeness (QED) is 0.627. The van der Waals surface area contributed by atoms with Gasteiger partial charge in [-0.1, -0.05) is 29.0 Å². The van der Waals surface area contributed by atoms with Gasteiger partial charge in [0.2, 0.25) is 5.28 Å². The van der Waals surface area contributed by atoms with E-state index in [1.54, 1.807) is 30.3 Å². The summed E-state index contributed by atoms with van der Waals surface area (Å²) in [6.45, 7) is 1.35. The van der Waals surface area contributed by atoms with E-state index < -0.39 is 0 Å². The number of anilines is 3. The van der Waals surface area contributed by atoms with Gasteiger partial charge in [0.1, 0.15) is 11.6 Å². The van der Waals surface area contributed by atoms with Gasteiger partial charge < -0.3 is 10.6 Å². The molecule has 4 rings (SSSR count). The van der Waals surface area contributed by atoms with E-state index in [0.717, 1.165) is 23.5 Å². The van der Waals surface area contributed by atoms with Gasteiger partial charge >= 0.3 is 0 Å². The van der Waals surface area contributed by atoms with Crippen LogP contribution in [0.3, 0.4) is 0 Å². The highest BCUT2D eigenvalue weighted by atomic mass is 35.5. The van der Waals surface area contributed by atoms with Crippen LogP contribution in [0.15, 0.2) is 30.3 Å². The third kappa shape index (κ3) is 3.97. The number of amides is 1. The summed E-state index contributed by atoms with van der Waals surface area (Å²) in [6, 6.07) is 8.48. The lowest BCUT2D eigenvalue weighted by atomic mass is 10.2. The molecule has 1 aliphatic rings. The standard InChI is InChI=1S/C17H14Cl2N6OS/c18-10-3-1-2-9(6-10)15(26)24-17-21-11-4-5-25(8-12(11)27-17)14-7-13(20)22-16(19)23-14/h1-3,6-7H,4-5,8H2,(H2,20,22,23)(H,21,24,26). The molecular formula is C17H14Cl2N6OS. The normalized spacial score (nSPS) is 13.3. The maximum Gasteiger partial charge on any atom is 0.257 e. The van der Waals surface area contributed by atoms with E-state index in [2.05, 4.69) is 25.2 Å². The number of halogens is 2. The highest BCUT2D eigenvalue weighted by molar-refractivity contribution is 7.15. The van der Waals surface area contributed by atoms with Gasteiger partial charge in [0, 0.05) is 34.5 Å². The Hall–Kier alpha value is -2.42. The molecule has 0 fully saturated rings. The summed E-state index contributed by atoms with van der Waals surface area (Å²) in [7, 11) is 0. The average molecular weight is 421 g/mol. The van der Waals surface area contributed by atoms with Crippen molar-refractivity contribution < 1.29 is 4.79 Å². The average Bonchev–Trinajstić information content (AvgIpc) is 3.02. The van der Waals surface area contributed by atoms with Crippen LogP contribution >= 0.6 is 34.5 Å². The molecular weight excluding hydrogens is 407 g/mol. The first-order valence-electron chi connectivity index (χ1n) is 8.08. The van der Waals surface area contributed by atoms with E-state index >= 15 is 0 Å². The number of nitrogens with one attached hydrogen (secondary N) is 1. The largest absolute Gasteiger partial charge is 0.383 e. The Morgan fingerprint density at radius 3 is 2.85 bits per heavy atom. The number of fused-ring (bicyclic) bond motifs is 1. The monoisotopic (exact) mass is 420 g/mol.